The van der Waals surface area contributed by atoms with E-state index >= 15 is 0 Å². The van der Waals surface area contributed by atoms with Gasteiger partial charge in [0.05, 0.1) is 5.41 Å². The van der Waals surface area contributed by atoms with Crippen molar-refractivity contribution in [3.8, 4) is 0 Å². The molecule has 2 aromatic rings. The lowest BCUT2D eigenvalue weighted by molar-refractivity contribution is 0.344. The molecule has 5 heteroatoms. The van der Waals surface area contributed by atoms with Crippen LogP contribution in [0.2, 0.25) is 0 Å². The Bertz CT molecular complexity index is 621. The minimum Gasteiger partial charge on any atom is -0.339 e. The Morgan fingerprint density at radius 2 is 1.95 bits per heavy atom. The van der Waals surface area contributed by atoms with Gasteiger partial charge in [0.2, 0.25) is 5.89 Å². The molecule has 0 bridgehead atoms. The highest BCUT2D eigenvalue weighted by molar-refractivity contribution is 5.30. The van der Waals surface area contributed by atoms with E-state index in [9.17, 15) is 4.39 Å². The molecule has 1 aliphatic carbocycles. The van der Waals surface area contributed by atoms with Gasteiger partial charge in [0.25, 0.3) is 0 Å². The standard InChI is InChI=1S/C16H20FN3O/c1-16(2,11-4-6-12(17)7-5-11)15-19-14(21-20-15)10-3-8-13(18)9-10/h4-7,10,13H,3,8-9,18H2,1-2H3/t10-,13+/m1/s1. The summed E-state index contributed by atoms with van der Waals surface area (Å²) in [6.07, 6.45) is 2.90. The van der Waals surface area contributed by atoms with Gasteiger partial charge in [-0.15, -0.1) is 0 Å². The third-order valence-electron chi connectivity index (χ3n) is 4.39. The first-order valence-electron chi connectivity index (χ1n) is 7.32. The normalized spacial score (nSPS) is 22.7. The number of nitrogens with zero attached hydrogens (tertiary/aromatic N) is 2. The molecular formula is C16H20FN3O. The summed E-state index contributed by atoms with van der Waals surface area (Å²) in [6, 6.07) is 6.66. The quantitative estimate of drug-likeness (QED) is 0.942. The third-order valence-corrected chi connectivity index (χ3v) is 4.39. The molecule has 2 atom stereocenters. The summed E-state index contributed by atoms with van der Waals surface area (Å²) in [7, 11) is 0. The minimum absolute atomic E-state index is 0.232. The summed E-state index contributed by atoms with van der Waals surface area (Å²) in [5, 5.41) is 4.14. The number of nitrogens with two attached hydrogens (primary N) is 1. The Morgan fingerprint density at radius 3 is 2.57 bits per heavy atom. The second kappa shape index (κ2) is 5.22. The van der Waals surface area contributed by atoms with Crippen LogP contribution in [-0.4, -0.2) is 16.2 Å². The summed E-state index contributed by atoms with van der Waals surface area (Å²) in [4.78, 5) is 4.57. The topological polar surface area (TPSA) is 64.9 Å². The number of benzene rings is 1. The monoisotopic (exact) mass is 289 g/mol. The molecule has 0 saturated heterocycles. The fraction of sp³-hybridized carbons (Fsp3) is 0.500. The Morgan fingerprint density at radius 1 is 1.24 bits per heavy atom. The Labute approximate surface area is 123 Å². The van der Waals surface area contributed by atoms with Gasteiger partial charge in [-0.3, -0.25) is 0 Å². The molecule has 2 N–H and O–H groups in total. The first-order valence-corrected chi connectivity index (χ1v) is 7.32. The average Bonchev–Trinajstić information content (AvgIpc) is 3.08. The highest BCUT2D eigenvalue weighted by Crippen LogP contribution is 2.35. The van der Waals surface area contributed by atoms with E-state index in [1.54, 1.807) is 12.1 Å². The van der Waals surface area contributed by atoms with E-state index in [0.29, 0.717) is 11.7 Å². The smallest absolute Gasteiger partial charge is 0.229 e. The van der Waals surface area contributed by atoms with Gasteiger partial charge in [-0.05, 0) is 50.8 Å². The Balaban J connectivity index is 1.86. The van der Waals surface area contributed by atoms with Crippen molar-refractivity contribution in [3.63, 3.8) is 0 Å². The van der Waals surface area contributed by atoms with Crippen LogP contribution in [-0.2, 0) is 5.41 Å². The number of rotatable bonds is 3. The Hall–Kier alpha value is -1.75. The lowest BCUT2D eigenvalue weighted by Crippen LogP contribution is -2.21. The molecule has 112 valence electrons. The van der Waals surface area contributed by atoms with E-state index in [0.717, 1.165) is 24.8 Å². The van der Waals surface area contributed by atoms with Crippen molar-refractivity contribution in [2.75, 3.05) is 0 Å². The van der Waals surface area contributed by atoms with Crippen LogP contribution in [0.3, 0.4) is 0 Å². The van der Waals surface area contributed by atoms with Gasteiger partial charge in [-0.25, -0.2) is 4.39 Å². The number of hydrogen-bond donors (Lipinski definition) is 1. The van der Waals surface area contributed by atoms with Gasteiger partial charge in [0.1, 0.15) is 5.82 Å². The number of hydrogen-bond acceptors (Lipinski definition) is 4. The summed E-state index contributed by atoms with van der Waals surface area (Å²) in [6.45, 7) is 4.02. The summed E-state index contributed by atoms with van der Waals surface area (Å²) < 4.78 is 18.5. The molecule has 3 rings (SSSR count). The van der Waals surface area contributed by atoms with Crippen LogP contribution in [0.15, 0.2) is 28.8 Å². The third kappa shape index (κ3) is 2.70. The minimum atomic E-state index is -0.420. The maximum absolute atomic E-state index is 13.1. The van der Waals surface area contributed by atoms with E-state index in [-0.39, 0.29) is 17.8 Å². The van der Waals surface area contributed by atoms with Crippen molar-refractivity contribution >= 4 is 0 Å². The molecule has 0 amide bonds. The second-order valence-electron chi connectivity index (χ2n) is 6.36. The summed E-state index contributed by atoms with van der Waals surface area (Å²) >= 11 is 0. The predicted octanol–water partition coefficient (Wildman–Crippen LogP) is 3.13. The molecule has 1 aliphatic rings. The van der Waals surface area contributed by atoms with E-state index in [2.05, 4.69) is 10.1 Å². The van der Waals surface area contributed by atoms with Gasteiger partial charge in [0, 0.05) is 12.0 Å². The molecule has 0 aliphatic heterocycles. The molecular weight excluding hydrogens is 269 g/mol. The van der Waals surface area contributed by atoms with E-state index in [4.69, 9.17) is 10.3 Å². The zero-order valence-corrected chi connectivity index (χ0v) is 12.3. The SMILES string of the molecule is CC(C)(c1ccc(F)cc1)c1noc([C@@H]2CC[C@H](N)C2)n1. The van der Waals surface area contributed by atoms with Crippen LogP contribution >= 0.6 is 0 Å². The lowest BCUT2D eigenvalue weighted by Gasteiger charge is -2.20. The molecule has 1 heterocycles. The molecule has 1 fully saturated rings. The lowest BCUT2D eigenvalue weighted by atomic mass is 9.84. The summed E-state index contributed by atoms with van der Waals surface area (Å²) in [5.74, 6) is 1.33. The fourth-order valence-corrected chi connectivity index (χ4v) is 2.89. The average molecular weight is 289 g/mol. The molecule has 1 aromatic heterocycles. The van der Waals surface area contributed by atoms with E-state index in [1.807, 2.05) is 13.8 Å². The molecule has 0 radical (unpaired) electrons. The molecule has 0 spiro atoms. The zero-order chi connectivity index (χ0) is 15.0. The van der Waals surface area contributed by atoms with Crippen LogP contribution in [0.4, 0.5) is 4.39 Å². The van der Waals surface area contributed by atoms with Crippen LogP contribution in [0.25, 0.3) is 0 Å². The van der Waals surface area contributed by atoms with E-state index in [1.165, 1.54) is 12.1 Å². The number of aromatic nitrogens is 2. The van der Waals surface area contributed by atoms with Gasteiger partial charge in [0.15, 0.2) is 5.82 Å². The maximum atomic E-state index is 13.1. The van der Waals surface area contributed by atoms with Gasteiger partial charge in [-0.1, -0.05) is 17.3 Å². The number of halogens is 1. The highest BCUT2D eigenvalue weighted by atomic mass is 19.1. The van der Waals surface area contributed by atoms with Crippen molar-refractivity contribution in [1.29, 1.82) is 0 Å². The van der Waals surface area contributed by atoms with Crippen molar-refractivity contribution < 1.29 is 8.91 Å². The van der Waals surface area contributed by atoms with Crippen molar-refractivity contribution in [2.45, 2.75) is 50.5 Å². The first kappa shape index (κ1) is 14.2. The molecule has 4 nitrogen and oxygen atoms in total. The van der Waals surface area contributed by atoms with Crippen molar-refractivity contribution in [2.24, 2.45) is 5.73 Å². The van der Waals surface area contributed by atoms with Gasteiger partial charge < -0.3 is 10.3 Å². The highest BCUT2D eigenvalue weighted by Gasteiger charge is 2.32. The molecule has 0 unspecified atom stereocenters. The van der Waals surface area contributed by atoms with Crippen LogP contribution in [0.5, 0.6) is 0 Å². The summed E-state index contributed by atoms with van der Waals surface area (Å²) in [5.41, 5.74) is 6.47. The van der Waals surface area contributed by atoms with Crippen LogP contribution in [0, 0.1) is 5.82 Å². The first-order chi connectivity index (χ1) is 9.96. The molecule has 1 saturated carbocycles. The van der Waals surface area contributed by atoms with Crippen LogP contribution < -0.4 is 5.73 Å². The zero-order valence-electron chi connectivity index (χ0n) is 12.3. The van der Waals surface area contributed by atoms with Crippen molar-refractivity contribution in [1.82, 2.24) is 10.1 Å². The molecule has 21 heavy (non-hydrogen) atoms. The molecule has 1 aromatic carbocycles. The largest absolute Gasteiger partial charge is 0.339 e. The Kier molecular flexibility index (Phi) is 3.53. The van der Waals surface area contributed by atoms with E-state index < -0.39 is 5.41 Å². The van der Waals surface area contributed by atoms with Gasteiger partial charge >= 0.3 is 0 Å². The second-order valence-corrected chi connectivity index (χ2v) is 6.36. The predicted molar refractivity (Wildman–Crippen MR) is 77.4 cm³/mol. The van der Waals surface area contributed by atoms with Gasteiger partial charge in [-0.2, -0.15) is 4.98 Å². The van der Waals surface area contributed by atoms with Crippen LogP contribution in [0.1, 0.15) is 56.3 Å². The maximum Gasteiger partial charge on any atom is 0.229 e. The fourth-order valence-electron chi connectivity index (χ4n) is 2.89. The van der Waals surface area contributed by atoms with Crippen molar-refractivity contribution in [3.05, 3.63) is 47.4 Å².